The smallest absolute Gasteiger partial charge is 0.222 e. The van der Waals surface area contributed by atoms with Crippen molar-refractivity contribution in [2.24, 2.45) is 0 Å². The molecule has 1 aromatic carbocycles. The molecule has 2 amide bonds. The van der Waals surface area contributed by atoms with Crippen molar-refractivity contribution < 1.29 is 9.59 Å². The second-order valence-corrected chi connectivity index (χ2v) is 5.69. The maximum Gasteiger partial charge on any atom is 0.222 e. The summed E-state index contributed by atoms with van der Waals surface area (Å²) < 4.78 is 2.05. The SMILES string of the molecule is CC(=O)Nc1ccc(-c2nccn2CCN2CCCC2=O)cc1. The molecule has 1 aliphatic heterocycles. The van der Waals surface area contributed by atoms with Gasteiger partial charge in [0.2, 0.25) is 11.8 Å². The van der Waals surface area contributed by atoms with Crippen molar-refractivity contribution >= 4 is 17.5 Å². The van der Waals surface area contributed by atoms with Gasteiger partial charge in [0.05, 0.1) is 0 Å². The monoisotopic (exact) mass is 312 g/mol. The average Bonchev–Trinajstić information content (AvgIpc) is 3.14. The summed E-state index contributed by atoms with van der Waals surface area (Å²) in [4.78, 5) is 29.1. The Kier molecular flexibility index (Phi) is 4.41. The number of aromatic nitrogens is 2. The van der Waals surface area contributed by atoms with Crippen LogP contribution < -0.4 is 5.32 Å². The fourth-order valence-corrected chi connectivity index (χ4v) is 2.82. The van der Waals surface area contributed by atoms with E-state index in [-0.39, 0.29) is 11.8 Å². The molecule has 1 N–H and O–H groups in total. The number of carbonyl (C=O) groups is 2. The second kappa shape index (κ2) is 6.64. The highest BCUT2D eigenvalue weighted by Gasteiger charge is 2.19. The van der Waals surface area contributed by atoms with E-state index < -0.39 is 0 Å². The van der Waals surface area contributed by atoms with Crippen molar-refractivity contribution in [3.8, 4) is 11.4 Å². The van der Waals surface area contributed by atoms with E-state index in [0.717, 1.165) is 36.6 Å². The minimum absolute atomic E-state index is 0.0884. The van der Waals surface area contributed by atoms with Gasteiger partial charge >= 0.3 is 0 Å². The van der Waals surface area contributed by atoms with E-state index in [4.69, 9.17) is 0 Å². The van der Waals surface area contributed by atoms with Crippen LogP contribution in [0.5, 0.6) is 0 Å². The third-order valence-corrected chi connectivity index (χ3v) is 3.96. The molecule has 0 aliphatic carbocycles. The van der Waals surface area contributed by atoms with Gasteiger partial charge < -0.3 is 14.8 Å². The Morgan fingerprint density at radius 2 is 2.04 bits per heavy atom. The van der Waals surface area contributed by atoms with Crippen LogP contribution in [-0.4, -0.2) is 39.4 Å². The van der Waals surface area contributed by atoms with Gasteiger partial charge in [-0.15, -0.1) is 0 Å². The van der Waals surface area contributed by atoms with Crippen molar-refractivity contribution in [1.29, 1.82) is 0 Å². The number of anilines is 1. The second-order valence-electron chi connectivity index (χ2n) is 5.69. The number of nitrogens with zero attached hydrogens (tertiary/aromatic N) is 3. The van der Waals surface area contributed by atoms with E-state index in [0.29, 0.717) is 13.0 Å². The van der Waals surface area contributed by atoms with Crippen molar-refractivity contribution in [3.05, 3.63) is 36.7 Å². The Morgan fingerprint density at radius 3 is 2.70 bits per heavy atom. The van der Waals surface area contributed by atoms with Crippen LogP contribution in [0.4, 0.5) is 5.69 Å². The zero-order valence-corrected chi connectivity index (χ0v) is 13.2. The molecule has 1 fully saturated rings. The molecule has 3 rings (SSSR count). The highest BCUT2D eigenvalue weighted by Crippen LogP contribution is 2.20. The first-order valence-corrected chi connectivity index (χ1v) is 7.80. The quantitative estimate of drug-likeness (QED) is 0.919. The highest BCUT2D eigenvalue weighted by molar-refractivity contribution is 5.88. The van der Waals surface area contributed by atoms with Crippen LogP contribution in [0.3, 0.4) is 0 Å². The van der Waals surface area contributed by atoms with Gasteiger partial charge in [0.25, 0.3) is 0 Å². The molecule has 120 valence electrons. The first kappa shape index (κ1) is 15.3. The first-order valence-electron chi connectivity index (χ1n) is 7.80. The summed E-state index contributed by atoms with van der Waals surface area (Å²) in [5.74, 6) is 1.02. The number of rotatable bonds is 5. The lowest BCUT2D eigenvalue weighted by Crippen LogP contribution is -2.28. The molecule has 6 heteroatoms. The van der Waals surface area contributed by atoms with Crippen LogP contribution in [0.1, 0.15) is 19.8 Å². The van der Waals surface area contributed by atoms with Crippen molar-refractivity contribution in [2.75, 3.05) is 18.4 Å². The Morgan fingerprint density at radius 1 is 1.26 bits per heavy atom. The molecule has 1 aromatic heterocycles. The summed E-state index contributed by atoms with van der Waals surface area (Å²) in [6.07, 6.45) is 5.32. The lowest BCUT2D eigenvalue weighted by molar-refractivity contribution is -0.127. The molecule has 2 aromatic rings. The minimum atomic E-state index is -0.0884. The number of imidazole rings is 1. The number of amides is 2. The number of hydrogen-bond acceptors (Lipinski definition) is 3. The normalized spacial score (nSPS) is 14.3. The predicted octanol–water partition coefficient (Wildman–Crippen LogP) is 2.13. The number of carbonyl (C=O) groups excluding carboxylic acids is 2. The molecule has 0 unspecified atom stereocenters. The maximum atomic E-state index is 11.7. The van der Waals surface area contributed by atoms with Crippen LogP contribution in [0.25, 0.3) is 11.4 Å². The van der Waals surface area contributed by atoms with Crippen LogP contribution in [0.2, 0.25) is 0 Å². The standard InChI is InChI=1S/C17H20N4O2/c1-13(22)19-15-6-4-14(5-7-15)17-18-8-10-21(17)12-11-20-9-2-3-16(20)23/h4-8,10H,2-3,9,11-12H2,1H3,(H,19,22). The van der Waals surface area contributed by atoms with E-state index in [1.165, 1.54) is 6.92 Å². The molecule has 0 spiro atoms. The van der Waals surface area contributed by atoms with Gasteiger partial charge in [0.15, 0.2) is 0 Å². The molecule has 0 atom stereocenters. The zero-order valence-electron chi connectivity index (χ0n) is 13.2. The number of benzene rings is 1. The maximum absolute atomic E-state index is 11.7. The van der Waals surface area contributed by atoms with Gasteiger partial charge in [-0.2, -0.15) is 0 Å². The van der Waals surface area contributed by atoms with E-state index >= 15 is 0 Å². The van der Waals surface area contributed by atoms with Gasteiger partial charge in [-0.25, -0.2) is 4.98 Å². The van der Waals surface area contributed by atoms with Gasteiger partial charge in [-0.3, -0.25) is 9.59 Å². The fourth-order valence-electron chi connectivity index (χ4n) is 2.82. The largest absolute Gasteiger partial charge is 0.341 e. The highest BCUT2D eigenvalue weighted by atomic mass is 16.2. The molecular weight excluding hydrogens is 292 g/mol. The summed E-state index contributed by atoms with van der Waals surface area (Å²) in [6.45, 7) is 3.79. The molecule has 23 heavy (non-hydrogen) atoms. The third kappa shape index (κ3) is 3.59. The van der Waals surface area contributed by atoms with Crippen molar-refractivity contribution in [2.45, 2.75) is 26.3 Å². The van der Waals surface area contributed by atoms with E-state index in [2.05, 4.69) is 14.9 Å². The van der Waals surface area contributed by atoms with E-state index in [9.17, 15) is 9.59 Å². The zero-order chi connectivity index (χ0) is 16.2. The molecule has 0 radical (unpaired) electrons. The van der Waals surface area contributed by atoms with Gasteiger partial charge in [0.1, 0.15) is 5.82 Å². The summed E-state index contributed by atoms with van der Waals surface area (Å²) in [5, 5.41) is 2.75. The fraction of sp³-hybridized carbons (Fsp3) is 0.353. The van der Waals surface area contributed by atoms with Crippen molar-refractivity contribution in [1.82, 2.24) is 14.5 Å². The predicted molar refractivity (Wildman–Crippen MR) is 87.8 cm³/mol. The Labute approximate surface area is 135 Å². The van der Waals surface area contributed by atoms with Gasteiger partial charge in [-0.05, 0) is 30.7 Å². The summed E-state index contributed by atoms with van der Waals surface area (Å²) in [7, 11) is 0. The molecule has 6 nitrogen and oxygen atoms in total. The Balaban J connectivity index is 1.70. The average molecular weight is 312 g/mol. The number of likely N-dealkylation sites (tertiary alicyclic amines) is 1. The van der Waals surface area contributed by atoms with Crippen molar-refractivity contribution in [3.63, 3.8) is 0 Å². The number of nitrogens with one attached hydrogen (secondary N) is 1. The van der Waals surface area contributed by atoms with Crippen LogP contribution in [0, 0.1) is 0 Å². The van der Waals surface area contributed by atoms with E-state index in [1.807, 2.05) is 35.4 Å². The van der Waals surface area contributed by atoms with E-state index in [1.54, 1.807) is 6.20 Å². The van der Waals surface area contributed by atoms with Crippen LogP contribution in [0.15, 0.2) is 36.7 Å². The molecular formula is C17H20N4O2. The minimum Gasteiger partial charge on any atom is -0.341 e. The molecule has 1 aliphatic rings. The lowest BCUT2D eigenvalue weighted by Gasteiger charge is -2.16. The van der Waals surface area contributed by atoms with Crippen LogP contribution >= 0.6 is 0 Å². The lowest BCUT2D eigenvalue weighted by atomic mass is 10.2. The third-order valence-electron chi connectivity index (χ3n) is 3.96. The molecule has 1 saturated heterocycles. The Bertz CT molecular complexity index is 706. The Hall–Kier alpha value is -2.63. The molecule has 0 saturated carbocycles. The molecule has 2 heterocycles. The summed E-state index contributed by atoms with van der Waals surface area (Å²) in [6, 6.07) is 7.59. The topological polar surface area (TPSA) is 67.2 Å². The summed E-state index contributed by atoms with van der Waals surface area (Å²) in [5.41, 5.74) is 1.75. The van der Waals surface area contributed by atoms with Crippen LogP contribution in [-0.2, 0) is 16.1 Å². The molecule has 0 bridgehead atoms. The van der Waals surface area contributed by atoms with Gasteiger partial charge in [-0.1, -0.05) is 0 Å². The van der Waals surface area contributed by atoms with Gasteiger partial charge in [0, 0.05) is 56.6 Å². The summed E-state index contributed by atoms with van der Waals surface area (Å²) >= 11 is 0. The first-order chi connectivity index (χ1) is 11.1. The number of hydrogen-bond donors (Lipinski definition) is 1.